The monoisotopic (exact) mass is 519 g/mol. The van der Waals surface area contributed by atoms with Gasteiger partial charge < -0.3 is 4.74 Å². The lowest BCUT2D eigenvalue weighted by molar-refractivity contribution is 0.0210. The molecule has 6 nitrogen and oxygen atoms in total. The summed E-state index contributed by atoms with van der Waals surface area (Å²) in [7, 11) is 0. The van der Waals surface area contributed by atoms with Gasteiger partial charge in [0.15, 0.2) is 5.82 Å². The molecule has 34 heavy (non-hydrogen) atoms. The Morgan fingerprint density at radius 3 is 2.29 bits per heavy atom. The van der Waals surface area contributed by atoms with Crippen LogP contribution in [0.15, 0.2) is 48.5 Å². The maximum absolute atomic E-state index is 6.42. The van der Waals surface area contributed by atoms with Gasteiger partial charge in [-0.2, -0.15) is 0 Å². The Labute approximate surface area is 215 Å². The van der Waals surface area contributed by atoms with E-state index in [0.29, 0.717) is 28.3 Å². The van der Waals surface area contributed by atoms with Gasteiger partial charge in [0.1, 0.15) is 0 Å². The second kappa shape index (κ2) is 10.8. The molecule has 1 aromatic heterocycles. The molecule has 0 bridgehead atoms. The lowest BCUT2D eigenvalue weighted by Crippen LogP contribution is -2.41. The molecule has 0 spiro atoms. The number of nitrogens with zero attached hydrogens (tertiary/aromatic N) is 5. The van der Waals surface area contributed by atoms with Gasteiger partial charge in [-0.25, -0.2) is 4.68 Å². The van der Waals surface area contributed by atoms with Crippen molar-refractivity contribution in [1.82, 2.24) is 25.1 Å². The fourth-order valence-corrected chi connectivity index (χ4v) is 4.75. The van der Waals surface area contributed by atoms with E-state index in [4.69, 9.17) is 39.5 Å². The van der Waals surface area contributed by atoms with E-state index >= 15 is 0 Å². The van der Waals surface area contributed by atoms with Crippen molar-refractivity contribution in [3.05, 3.63) is 80.6 Å². The van der Waals surface area contributed by atoms with Crippen molar-refractivity contribution in [2.75, 3.05) is 26.3 Å². The van der Waals surface area contributed by atoms with E-state index < -0.39 is 0 Å². The number of benzene rings is 2. The average molecular weight is 521 g/mol. The Hall–Kier alpha value is -1.96. The minimum absolute atomic E-state index is 0.125. The molecule has 0 unspecified atom stereocenters. The number of rotatable bonds is 6. The Bertz CT molecular complexity index is 1130. The number of ether oxygens (including phenoxy) is 1. The van der Waals surface area contributed by atoms with Crippen LogP contribution in [-0.4, -0.2) is 51.4 Å². The Kier molecular flexibility index (Phi) is 7.95. The van der Waals surface area contributed by atoms with Crippen LogP contribution in [0.1, 0.15) is 49.8 Å². The van der Waals surface area contributed by atoms with Crippen LogP contribution in [0, 0.1) is 5.41 Å². The highest BCUT2D eigenvalue weighted by atomic mass is 35.5. The van der Waals surface area contributed by atoms with Crippen molar-refractivity contribution in [1.29, 1.82) is 0 Å². The van der Waals surface area contributed by atoms with Crippen molar-refractivity contribution >= 4 is 40.9 Å². The largest absolute Gasteiger partial charge is 0.379 e. The van der Waals surface area contributed by atoms with Gasteiger partial charge in [0.05, 0.1) is 25.3 Å². The quantitative estimate of drug-likeness (QED) is 0.379. The highest BCUT2D eigenvalue weighted by Crippen LogP contribution is 2.37. The number of halogens is 3. The van der Waals surface area contributed by atoms with Crippen LogP contribution in [0.3, 0.4) is 0 Å². The molecule has 2 heterocycles. The molecule has 180 valence electrons. The minimum atomic E-state index is -0.172. The average Bonchev–Trinajstić information content (AvgIpc) is 3.25. The van der Waals surface area contributed by atoms with E-state index in [9.17, 15) is 0 Å². The standard InChI is InChI=1S/C25H28Cl3N5O/c1-25(2,3)22(11-7-17-4-10-20(27)16-21(17)28)33-24(29-30-31-33)23(32-12-14-34-15-13-32)18-5-8-19(26)9-6-18/h4-11,16,22-23H,12-15H2,1-3H3/b11-7+/t22-,23+/m1/s1. The highest BCUT2D eigenvalue weighted by molar-refractivity contribution is 6.35. The van der Waals surface area contributed by atoms with Crippen LogP contribution in [0.25, 0.3) is 6.08 Å². The van der Waals surface area contributed by atoms with Crippen LogP contribution in [-0.2, 0) is 4.74 Å². The second-order valence-corrected chi connectivity index (χ2v) is 10.7. The van der Waals surface area contributed by atoms with Crippen LogP contribution in [0.5, 0.6) is 0 Å². The molecule has 1 aliphatic heterocycles. The van der Waals surface area contributed by atoms with E-state index in [0.717, 1.165) is 30.0 Å². The molecule has 1 fully saturated rings. The van der Waals surface area contributed by atoms with Gasteiger partial charge >= 0.3 is 0 Å². The summed E-state index contributed by atoms with van der Waals surface area (Å²) >= 11 is 18.7. The molecular formula is C25H28Cl3N5O. The summed E-state index contributed by atoms with van der Waals surface area (Å²) in [5.41, 5.74) is 1.80. The summed E-state index contributed by atoms with van der Waals surface area (Å²) in [5.74, 6) is 0.774. The smallest absolute Gasteiger partial charge is 0.173 e. The lowest BCUT2D eigenvalue weighted by atomic mass is 9.86. The first-order valence-electron chi connectivity index (χ1n) is 11.2. The summed E-state index contributed by atoms with van der Waals surface area (Å²) in [5, 5.41) is 15.0. The van der Waals surface area contributed by atoms with Crippen molar-refractivity contribution in [3.8, 4) is 0 Å². The molecule has 4 rings (SSSR count). The van der Waals surface area contributed by atoms with Crippen molar-refractivity contribution < 1.29 is 4.74 Å². The third kappa shape index (κ3) is 5.81. The molecule has 1 aliphatic rings. The molecule has 0 aliphatic carbocycles. The lowest BCUT2D eigenvalue weighted by Gasteiger charge is -2.36. The molecule has 0 N–H and O–H groups in total. The summed E-state index contributed by atoms with van der Waals surface area (Å²) in [4.78, 5) is 2.36. The summed E-state index contributed by atoms with van der Waals surface area (Å²) < 4.78 is 7.53. The molecule has 2 aromatic carbocycles. The first-order chi connectivity index (χ1) is 16.2. The molecular weight excluding hydrogens is 493 g/mol. The van der Waals surface area contributed by atoms with Crippen LogP contribution in [0.4, 0.5) is 0 Å². The molecule has 9 heteroatoms. The van der Waals surface area contributed by atoms with Crippen LogP contribution < -0.4 is 0 Å². The number of hydrogen-bond donors (Lipinski definition) is 0. The minimum Gasteiger partial charge on any atom is -0.379 e. The van der Waals surface area contributed by atoms with Gasteiger partial charge in [-0.05, 0) is 51.2 Å². The molecule has 1 saturated heterocycles. The Balaban J connectivity index is 1.76. The normalized spacial score (nSPS) is 17.2. The van der Waals surface area contributed by atoms with Crippen molar-refractivity contribution in [2.24, 2.45) is 5.41 Å². The van der Waals surface area contributed by atoms with Gasteiger partial charge in [0, 0.05) is 28.2 Å². The number of aromatic nitrogens is 4. The van der Waals surface area contributed by atoms with Gasteiger partial charge in [-0.15, -0.1) is 5.10 Å². The zero-order valence-corrected chi connectivity index (χ0v) is 21.7. The van der Waals surface area contributed by atoms with E-state index in [1.165, 1.54) is 0 Å². The van der Waals surface area contributed by atoms with Crippen LogP contribution in [0.2, 0.25) is 15.1 Å². The molecule has 3 aromatic rings. The fraction of sp³-hybridized carbons (Fsp3) is 0.400. The number of tetrazole rings is 1. The Morgan fingerprint density at radius 2 is 1.65 bits per heavy atom. The van der Waals surface area contributed by atoms with Crippen molar-refractivity contribution in [2.45, 2.75) is 32.9 Å². The van der Waals surface area contributed by atoms with Gasteiger partial charge in [0.2, 0.25) is 0 Å². The third-order valence-electron chi connectivity index (χ3n) is 5.93. The third-order valence-corrected chi connectivity index (χ3v) is 6.75. The first-order valence-corrected chi connectivity index (χ1v) is 12.4. The topological polar surface area (TPSA) is 56.1 Å². The number of morpholine rings is 1. The van der Waals surface area contributed by atoms with E-state index in [-0.39, 0.29) is 17.5 Å². The van der Waals surface area contributed by atoms with E-state index in [1.807, 2.05) is 47.2 Å². The SMILES string of the molecule is CC(C)(C)[C@@H](/C=C/c1ccc(Cl)cc1Cl)n1nnnc1[C@H](c1ccc(Cl)cc1)N1CCOCC1. The zero-order valence-electron chi connectivity index (χ0n) is 19.5. The predicted molar refractivity (Wildman–Crippen MR) is 137 cm³/mol. The van der Waals surface area contributed by atoms with Crippen molar-refractivity contribution in [3.63, 3.8) is 0 Å². The van der Waals surface area contributed by atoms with E-state index in [1.54, 1.807) is 6.07 Å². The summed E-state index contributed by atoms with van der Waals surface area (Å²) in [6.45, 7) is 9.43. The molecule has 0 amide bonds. The molecule has 0 saturated carbocycles. The van der Waals surface area contributed by atoms with Gasteiger partial charge in [0.25, 0.3) is 0 Å². The number of hydrogen-bond acceptors (Lipinski definition) is 5. The first kappa shape index (κ1) is 25.1. The summed E-state index contributed by atoms with van der Waals surface area (Å²) in [6, 6.07) is 13.1. The second-order valence-electron chi connectivity index (χ2n) is 9.42. The predicted octanol–water partition coefficient (Wildman–Crippen LogP) is 6.36. The number of allylic oxidation sites excluding steroid dienone is 1. The summed E-state index contributed by atoms with van der Waals surface area (Å²) in [6.07, 6.45) is 4.11. The molecule has 2 atom stereocenters. The van der Waals surface area contributed by atoms with Gasteiger partial charge in [-0.3, -0.25) is 4.90 Å². The van der Waals surface area contributed by atoms with Gasteiger partial charge in [-0.1, -0.05) is 85.9 Å². The van der Waals surface area contributed by atoms with E-state index in [2.05, 4.69) is 47.3 Å². The Morgan fingerprint density at radius 1 is 0.971 bits per heavy atom. The fourth-order valence-electron chi connectivity index (χ4n) is 4.15. The molecule has 0 radical (unpaired) electrons. The maximum atomic E-state index is 6.42. The zero-order chi connectivity index (χ0) is 24.3. The maximum Gasteiger partial charge on any atom is 0.173 e. The van der Waals surface area contributed by atoms with Crippen LogP contribution >= 0.6 is 34.8 Å². The highest BCUT2D eigenvalue weighted by Gasteiger charge is 2.34.